The van der Waals surface area contributed by atoms with Crippen LogP contribution in [0.25, 0.3) is 4.85 Å². The van der Waals surface area contributed by atoms with Crippen molar-refractivity contribution in [3.63, 3.8) is 0 Å². The highest BCUT2D eigenvalue weighted by molar-refractivity contribution is 5.96. The van der Waals surface area contributed by atoms with Crippen LogP contribution in [0.5, 0.6) is 0 Å². The Morgan fingerprint density at radius 2 is 1.88 bits per heavy atom. The fraction of sp³-hybridized carbons (Fsp3) is 0.211. The van der Waals surface area contributed by atoms with Crippen LogP contribution >= 0.6 is 0 Å². The molecule has 2 aromatic carbocycles. The van der Waals surface area contributed by atoms with Gasteiger partial charge in [-0.25, -0.2) is 4.85 Å². The Balaban J connectivity index is 1.96. The first kappa shape index (κ1) is 17.2. The number of carbonyl (C=O) groups excluding carboxylic acids is 1. The SMILES string of the molecule is [C-]#[N+]c1ccc(NC(=O)[C@@](C)(O)CCc2ccc(C#N)cc2)cc1. The van der Waals surface area contributed by atoms with E-state index in [-0.39, 0.29) is 6.42 Å². The lowest BCUT2D eigenvalue weighted by molar-refractivity contribution is -0.132. The third-order valence-electron chi connectivity index (χ3n) is 3.73. The maximum atomic E-state index is 12.2. The third-order valence-corrected chi connectivity index (χ3v) is 3.73. The van der Waals surface area contributed by atoms with E-state index in [4.69, 9.17) is 11.8 Å². The molecule has 2 rings (SSSR count). The van der Waals surface area contributed by atoms with Gasteiger partial charge in [-0.3, -0.25) is 4.79 Å². The molecular formula is C19H17N3O2. The van der Waals surface area contributed by atoms with Crippen LogP contribution in [-0.2, 0) is 11.2 Å². The number of anilines is 1. The van der Waals surface area contributed by atoms with Gasteiger partial charge in [0.1, 0.15) is 5.60 Å². The van der Waals surface area contributed by atoms with Crippen LogP contribution in [0.3, 0.4) is 0 Å². The Morgan fingerprint density at radius 3 is 2.42 bits per heavy atom. The van der Waals surface area contributed by atoms with E-state index in [1.807, 2.05) is 18.2 Å². The Kier molecular flexibility index (Phi) is 5.31. The van der Waals surface area contributed by atoms with E-state index in [9.17, 15) is 9.90 Å². The van der Waals surface area contributed by atoms with Crippen molar-refractivity contribution >= 4 is 17.3 Å². The van der Waals surface area contributed by atoms with Gasteiger partial charge in [-0.05, 0) is 49.6 Å². The zero-order chi connectivity index (χ0) is 17.6. The molecule has 0 unspecified atom stereocenters. The van der Waals surface area contributed by atoms with Crippen molar-refractivity contribution in [2.75, 3.05) is 5.32 Å². The molecule has 0 saturated heterocycles. The lowest BCUT2D eigenvalue weighted by Gasteiger charge is -2.22. The average Bonchev–Trinajstić information content (AvgIpc) is 2.61. The van der Waals surface area contributed by atoms with Gasteiger partial charge in [0, 0.05) is 5.69 Å². The number of nitriles is 1. The summed E-state index contributed by atoms with van der Waals surface area (Å²) in [6.07, 6.45) is 0.771. The van der Waals surface area contributed by atoms with Gasteiger partial charge in [0.25, 0.3) is 5.91 Å². The molecule has 0 saturated carbocycles. The fourth-order valence-electron chi connectivity index (χ4n) is 2.13. The molecule has 0 spiro atoms. The third kappa shape index (κ3) is 4.42. The number of nitrogens with zero attached hydrogens (tertiary/aromatic N) is 2. The zero-order valence-corrected chi connectivity index (χ0v) is 13.3. The summed E-state index contributed by atoms with van der Waals surface area (Å²) in [7, 11) is 0. The molecule has 120 valence electrons. The average molecular weight is 319 g/mol. The first-order chi connectivity index (χ1) is 11.4. The number of amides is 1. The first-order valence-electron chi connectivity index (χ1n) is 7.45. The van der Waals surface area contributed by atoms with Crippen molar-refractivity contribution in [3.8, 4) is 6.07 Å². The molecule has 2 aromatic rings. The van der Waals surface area contributed by atoms with Crippen molar-refractivity contribution in [1.29, 1.82) is 5.26 Å². The van der Waals surface area contributed by atoms with Crippen LogP contribution < -0.4 is 5.32 Å². The predicted molar refractivity (Wildman–Crippen MR) is 91.4 cm³/mol. The highest BCUT2D eigenvalue weighted by atomic mass is 16.3. The van der Waals surface area contributed by atoms with Gasteiger partial charge in [-0.1, -0.05) is 24.3 Å². The number of hydrogen-bond donors (Lipinski definition) is 2. The predicted octanol–water partition coefficient (Wildman–Crippen LogP) is 3.43. The number of rotatable bonds is 5. The Morgan fingerprint density at radius 1 is 1.25 bits per heavy atom. The Labute approximate surface area is 141 Å². The molecule has 0 fully saturated rings. The Hall–Kier alpha value is -3.15. The van der Waals surface area contributed by atoms with Gasteiger partial charge in [0.2, 0.25) is 0 Å². The lowest BCUT2D eigenvalue weighted by Crippen LogP contribution is -2.40. The summed E-state index contributed by atoms with van der Waals surface area (Å²) in [5, 5.41) is 21.8. The number of aryl methyl sites for hydroxylation is 1. The topological polar surface area (TPSA) is 77.5 Å². The van der Waals surface area contributed by atoms with E-state index in [1.54, 1.807) is 36.4 Å². The van der Waals surface area contributed by atoms with Gasteiger partial charge in [-0.15, -0.1) is 0 Å². The number of nitrogens with one attached hydrogen (secondary N) is 1. The molecule has 2 N–H and O–H groups in total. The summed E-state index contributed by atoms with van der Waals surface area (Å²) in [5.74, 6) is -0.494. The molecule has 0 aliphatic carbocycles. The van der Waals surface area contributed by atoms with Crippen LogP contribution in [0.15, 0.2) is 48.5 Å². The highest BCUT2D eigenvalue weighted by Gasteiger charge is 2.29. The molecule has 5 nitrogen and oxygen atoms in total. The molecule has 0 aliphatic rings. The molecule has 0 bridgehead atoms. The molecule has 5 heteroatoms. The maximum Gasteiger partial charge on any atom is 0.256 e. The quantitative estimate of drug-likeness (QED) is 0.829. The second-order valence-electron chi connectivity index (χ2n) is 5.70. The smallest absolute Gasteiger partial charge is 0.256 e. The van der Waals surface area contributed by atoms with Gasteiger partial charge in [-0.2, -0.15) is 5.26 Å². The van der Waals surface area contributed by atoms with E-state index in [0.717, 1.165) is 5.56 Å². The summed E-state index contributed by atoms with van der Waals surface area (Å²) >= 11 is 0. The minimum atomic E-state index is -1.52. The summed E-state index contributed by atoms with van der Waals surface area (Å²) < 4.78 is 0. The van der Waals surface area contributed by atoms with E-state index >= 15 is 0 Å². The van der Waals surface area contributed by atoms with Crippen LogP contribution in [0.1, 0.15) is 24.5 Å². The van der Waals surface area contributed by atoms with Gasteiger partial charge in [0.05, 0.1) is 18.2 Å². The highest BCUT2D eigenvalue weighted by Crippen LogP contribution is 2.20. The second-order valence-corrected chi connectivity index (χ2v) is 5.70. The normalized spacial score (nSPS) is 12.5. The number of benzene rings is 2. The monoisotopic (exact) mass is 319 g/mol. The van der Waals surface area contributed by atoms with Crippen molar-refractivity contribution in [3.05, 3.63) is 71.1 Å². The molecule has 24 heavy (non-hydrogen) atoms. The van der Waals surface area contributed by atoms with E-state index in [1.165, 1.54) is 6.92 Å². The van der Waals surface area contributed by atoms with E-state index < -0.39 is 11.5 Å². The van der Waals surface area contributed by atoms with E-state index in [0.29, 0.717) is 23.4 Å². The minimum absolute atomic E-state index is 0.255. The van der Waals surface area contributed by atoms with E-state index in [2.05, 4.69) is 10.2 Å². The molecule has 0 heterocycles. The number of carbonyl (C=O) groups is 1. The summed E-state index contributed by atoms with van der Waals surface area (Å²) in [4.78, 5) is 15.5. The van der Waals surface area contributed by atoms with Gasteiger partial charge < -0.3 is 10.4 Å². The first-order valence-corrected chi connectivity index (χ1v) is 7.45. The Bertz CT molecular complexity index is 794. The molecule has 0 aromatic heterocycles. The fourth-order valence-corrected chi connectivity index (χ4v) is 2.13. The van der Waals surface area contributed by atoms with Crippen LogP contribution in [0.4, 0.5) is 11.4 Å². The zero-order valence-electron chi connectivity index (χ0n) is 13.3. The van der Waals surface area contributed by atoms with Crippen molar-refractivity contribution in [2.24, 2.45) is 0 Å². The molecule has 1 atom stereocenters. The maximum absolute atomic E-state index is 12.2. The van der Waals surface area contributed by atoms with Crippen LogP contribution in [0, 0.1) is 17.9 Å². The van der Waals surface area contributed by atoms with Crippen molar-refractivity contribution in [1.82, 2.24) is 0 Å². The summed E-state index contributed by atoms with van der Waals surface area (Å²) in [6.45, 7) is 8.37. The summed E-state index contributed by atoms with van der Waals surface area (Å²) in [5.41, 5.74) is 1.02. The molecular weight excluding hydrogens is 302 g/mol. The van der Waals surface area contributed by atoms with Crippen molar-refractivity contribution in [2.45, 2.75) is 25.4 Å². The van der Waals surface area contributed by atoms with Gasteiger partial charge >= 0.3 is 0 Å². The molecule has 1 amide bonds. The minimum Gasteiger partial charge on any atom is -0.380 e. The second kappa shape index (κ2) is 7.41. The standard InChI is InChI=1S/C19H17N3O2/c1-19(24,12-11-14-3-5-15(13-20)6-4-14)18(23)22-17-9-7-16(21-2)8-10-17/h3-10,24H,11-12H2,1H3,(H,22,23)/t19-/m0/s1. The van der Waals surface area contributed by atoms with Crippen molar-refractivity contribution < 1.29 is 9.90 Å². The van der Waals surface area contributed by atoms with Crippen LogP contribution in [-0.4, -0.2) is 16.6 Å². The van der Waals surface area contributed by atoms with Crippen LogP contribution in [0.2, 0.25) is 0 Å². The number of hydrogen-bond acceptors (Lipinski definition) is 3. The molecule has 0 aliphatic heterocycles. The number of aliphatic hydroxyl groups is 1. The summed E-state index contributed by atoms with van der Waals surface area (Å²) in [6, 6.07) is 15.6. The largest absolute Gasteiger partial charge is 0.380 e. The lowest BCUT2D eigenvalue weighted by atomic mass is 9.95. The molecule has 0 radical (unpaired) electrons. The van der Waals surface area contributed by atoms with Gasteiger partial charge in [0.15, 0.2) is 5.69 Å².